The molecule has 1 aromatic heterocycles. The summed E-state index contributed by atoms with van der Waals surface area (Å²) >= 11 is 2.33. The summed E-state index contributed by atoms with van der Waals surface area (Å²) in [6, 6.07) is 15.4. The van der Waals surface area contributed by atoms with Crippen LogP contribution in [0.4, 0.5) is 11.8 Å². The number of aromatic nitrogens is 2. The van der Waals surface area contributed by atoms with E-state index in [2.05, 4.69) is 80.2 Å². The topological polar surface area (TPSA) is 53.5 Å². The minimum Gasteiger partial charge on any atom is -0.496 e. The standard InChI is InChI=1S/C26H32IN5O/c1-33-24-16-21-23(17-22(24)27)29-26(32-12-6-3-7-13-32)30-25(21)28-20-10-14-31(15-11-20)18-19-8-4-2-5-9-19/h2,4-5,8-9,16-17,20H,3,6-7,10-15,18H2,1H3,(H,28,29,30). The first-order valence-corrected chi connectivity index (χ1v) is 13.1. The van der Waals surface area contributed by atoms with Crippen LogP contribution in [0.15, 0.2) is 42.5 Å². The number of nitrogens with zero attached hydrogens (tertiary/aromatic N) is 4. The van der Waals surface area contributed by atoms with Gasteiger partial charge in [0, 0.05) is 44.2 Å². The summed E-state index contributed by atoms with van der Waals surface area (Å²) < 4.78 is 6.68. The predicted octanol–water partition coefficient (Wildman–Crippen LogP) is 5.31. The third kappa shape index (κ3) is 5.35. The van der Waals surface area contributed by atoms with Gasteiger partial charge in [0.1, 0.15) is 11.6 Å². The van der Waals surface area contributed by atoms with E-state index < -0.39 is 0 Å². The molecule has 2 aromatic carbocycles. The van der Waals surface area contributed by atoms with Crippen molar-refractivity contribution >= 4 is 45.3 Å². The zero-order chi connectivity index (χ0) is 22.6. The van der Waals surface area contributed by atoms with Crippen molar-refractivity contribution in [2.75, 3.05) is 43.5 Å². The molecule has 5 rings (SSSR count). The summed E-state index contributed by atoms with van der Waals surface area (Å²) in [5.74, 6) is 2.67. The van der Waals surface area contributed by atoms with Crippen LogP contribution in [0.1, 0.15) is 37.7 Å². The Morgan fingerprint density at radius 1 is 1.00 bits per heavy atom. The normalized spacial score (nSPS) is 17.9. The van der Waals surface area contributed by atoms with Gasteiger partial charge in [-0.2, -0.15) is 4.98 Å². The van der Waals surface area contributed by atoms with Crippen molar-refractivity contribution in [2.45, 2.75) is 44.7 Å². The lowest BCUT2D eigenvalue weighted by Gasteiger charge is -2.33. The molecule has 0 bridgehead atoms. The summed E-state index contributed by atoms with van der Waals surface area (Å²) in [6.45, 7) is 5.29. The molecule has 0 radical (unpaired) electrons. The Morgan fingerprint density at radius 3 is 2.48 bits per heavy atom. The van der Waals surface area contributed by atoms with Gasteiger partial charge in [0.15, 0.2) is 0 Å². The maximum absolute atomic E-state index is 5.61. The molecular weight excluding hydrogens is 525 g/mol. The first kappa shape index (κ1) is 22.7. The average molecular weight is 557 g/mol. The molecule has 2 fully saturated rings. The van der Waals surface area contributed by atoms with Gasteiger partial charge in [-0.15, -0.1) is 0 Å². The zero-order valence-electron chi connectivity index (χ0n) is 19.3. The summed E-state index contributed by atoms with van der Waals surface area (Å²) in [5.41, 5.74) is 2.37. The Hall–Kier alpha value is -2.13. The van der Waals surface area contributed by atoms with Crippen molar-refractivity contribution in [1.29, 1.82) is 0 Å². The van der Waals surface area contributed by atoms with E-state index in [1.165, 1.54) is 24.8 Å². The smallest absolute Gasteiger partial charge is 0.227 e. The minimum absolute atomic E-state index is 0.412. The molecule has 3 aromatic rings. The number of benzene rings is 2. The van der Waals surface area contributed by atoms with Crippen LogP contribution in [-0.2, 0) is 6.54 Å². The number of nitrogens with one attached hydrogen (secondary N) is 1. The van der Waals surface area contributed by atoms with E-state index in [1.54, 1.807) is 7.11 Å². The lowest BCUT2D eigenvalue weighted by molar-refractivity contribution is 0.211. The molecule has 3 heterocycles. The molecule has 2 aliphatic rings. The molecule has 174 valence electrons. The molecule has 0 unspecified atom stereocenters. The third-order valence-electron chi connectivity index (χ3n) is 6.77. The van der Waals surface area contributed by atoms with Crippen LogP contribution in [0.2, 0.25) is 0 Å². The maximum atomic E-state index is 5.61. The van der Waals surface area contributed by atoms with E-state index in [1.807, 2.05) is 0 Å². The third-order valence-corrected chi connectivity index (χ3v) is 7.62. The Bertz CT molecular complexity index is 1080. The van der Waals surface area contributed by atoms with Crippen molar-refractivity contribution in [3.63, 3.8) is 0 Å². The Balaban J connectivity index is 1.36. The molecule has 0 amide bonds. The number of hydrogen-bond donors (Lipinski definition) is 1. The second-order valence-corrected chi connectivity index (χ2v) is 10.3. The Kier molecular flexibility index (Phi) is 7.16. The highest BCUT2D eigenvalue weighted by atomic mass is 127. The van der Waals surface area contributed by atoms with Crippen molar-refractivity contribution < 1.29 is 4.74 Å². The number of likely N-dealkylation sites (tertiary alicyclic amines) is 1. The van der Waals surface area contributed by atoms with Crippen molar-refractivity contribution in [3.8, 4) is 5.75 Å². The molecule has 6 nitrogen and oxygen atoms in total. The highest BCUT2D eigenvalue weighted by Gasteiger charge is 2.23. The number of ether oxygens (including phenoxy) is 1. The lowest BCUT2D eigenvalue weighted by atomic mass is 10.0. The molecular formula is C26H32IN5O. The van der Waals surface area contributed by atoms with Gasteiger partial charge in [-0.3, -0.25) is 4.90 Å². The van der Waals surface area contributed by atoms with Crippen LogP contribution >= 0.6 is 22.6 Å². The second-order valence-electron chi connectivity index (χ2n) is 9.10. The van der Waals surface area contributed by atoms with Crippen LogP contribution in [0.3, 0.4) is 0 Å². The van der Waals surface area contributed by atoms with Gasteiger partial charge < -0.3 is 15.0 Å². The molecule has 0 spiro atoms. The summed E-state index contributed by atoms with van der Waals surface area (Å²) in [7, 11) is 1.72. The van der Waals surface area contributed by atoms with Crippen molar-refractivity contribution in [1.82, 2.24) is 14.9 Å². The number of methoxy groups -OCH3 is 1. The van der Waals surface area contributed by atoms with Crippen LogP contribution < -0.4 is 15.0 Å². The molecule has 0 aliphatic carbocycles. The molecule has 1 N–H and O–H groups in total. The van der Waals surface area contributed by atoms with E-state index in [0.717, 1.165) is 77.6 Å². The maximum Gasteiger partial charge on any atom is 0.227 e. The van der Waals surface area contributed by atoms with Gasteiger partial charge in [0.25, 0.3) is 0 Å². The number of hydrogen-bond acceptors (Lipinski definition) is 6. The van der Waals surface area contributed by atoms with Crippen LogP contribution in [0.25, 0.3) is 10.9 Å². The fourth-order valence-electron chi connectivity index (χ4n) is 4.89. The fraction of sp³-hybridized carbons (Fsp3) is 0.462. The number of rotatable bonds is 6. The van der Waals surface area contributed by atoms with E-state index in [4.69, 9.17) is 14.7 Å². The lowest BCUT2D eigenvalue weighted by Crippen LogP contribution is -2.39. The highest BCUT2D eigenvalue weighted by Crippen LogP contribution is 2.33. The van der Waals surface area contributed by atoms with Gasteiger partial charge in [0.2, 0.25) is 5.95 Å². The van der Waals surface area contributed by atoms with Gasteiger partial charge in [-0.05, 0) is 72.4 Å². The average Bonchev–Trinajstić information content (AvgIpc) is 2.86. The zero-order valence-corrected chi connectivity index (χ0v) is 21.4. The first-order chi connectivity index (χ1) is 16.2. The number of halogens is 1. The molecule has 33 heavy (non-hydrogen) atoms. The fourth-order valence-corrected chi connectivity index (χ4v) is 5.56. The second kappa shape index (κ2) is 10.4. The predicted molar refractivity (Wildman–Crippen MR) is 143 cm³/mol. The van der Waals surface area contributed by atoms with E-state index in [-0.39, 0.29) is 0 Å². The first-order valence-electron chi connectivity index (χ1n) is 12.0. The van der Waals surface area contributed by atoms with Gasteiger partial charge in [-0.1, -0.05) is 30.3 Å². The number of anilines is 2. The Morgan fingerprint density at radius 2 is 1.76 bits per heavy atom. The molecule has 7 heteroatoms. The highest BCUT2D eigenvalue weighted by molar-refractivity contribution is 14.1. The van der Waals surface area contributed by atoms with Crippen LogP contribution in [0, 0.1) is 3.57 Å². The van der Waals surface area contributed by atoms with Crippen molar-refractivity contribution in [2.24, 2.45) is 0 Å². The number of piperidine rings is 2. The minimum atomic E-state index is 0.412. The van der Waals surface area contributed by atoms with Crippen LogP contribution in [0.5, 0.6) is 5.75 Å². The molecule has 2 saturated heterocycles. The number of fused-ring (bicyclic) bond motifs is 1. The SMILES string of the molecule is COc1cc2c(NC3CCN(Cc4ccccc4)CC3)nc(N3CCCCC3)nc2cc1I. The summed E-state index contributed by atoms with van der Waals surface area (Å²) in [4.78, 5) is 14.9. The monoisotopic (exact) mass is 557 g/mol. The molecule has 2 aliphatic heterocycles. The van der Waals surface area contributed by atoms with Gasteiger partial charge in [-0.25, -0.2) is 4.98 Å². The van der Waals surface area contributed by atoms with Crippen LogP contribution in [-0.4, -0.2) is 54.2 Å². The molecule has 0 atom stereocenters. The van der Waals surface area contributed by atoms with E-state index in [0.29, 0.717) is 6.04 Å². The van der Waals surface area contributed by atoms with E-state index >= 15 is 0 Å². The quantitative estimate of drug-likeness (QED) is 0.415. The summed E-state index contributed by atoms with van der Waals surface area (Å²) in [6.07, 6.45) is 5.94. The molecule has 0 saturated carbocycles. The largest absolute Gasteiger partial charge is 0.496 e. The Labute approximate surface area is 209 Å². The van der Waals surface area contributed by atoms with Gasteiger partial charge >= 0.3 is 0 Å². The summed E-state index contributed by atoms with van der Waals surface area (Å²) in [5, 5.41) is 4.84. The van der Waals surface area contributed by atoms with E-state index in [9.17, 15) is 0 Å². The van der Waals surface area contributed by atoms with Crippen molar-refractivity contribution in [3.05, 3.63) is 51.6 Å². The van der Waals surface area contributed by atoms with Gasteiger partial charge in [0.05, 0.1) is 16.2 Å².